The van der Waals surface area contributed by atoms with E-state index in [1.807, 2.05) is 0 Å². The summed E-state index contributed by atoms with van der Waals surface area (Å²) < 4.78 is 2.29. The standard InChI is InChI=1S/C15H27N3/c1-4-9-18-14(16)13(10-11(2)3)17-15(18)12-7-5-6-8-12/h11-12H,4-10,16H2,1-3H3. The number of anilines is 1. The van der Waals surface area contributed by atoms with Crippen molar-refractivity contribution in [1.82, 2.24) is 9.55 Å². The zero-order valence-corrected chi connectivity index (χ0v) is 12.1. The van der Waals surface area contributed by atoms with Crippen LogP contribution in [0.25, 0.3) is 0 Å². The molecule has 1 aromatic heterocycles. The Morgan fingerprint density at radius 1 is 1.33 bits per heavy atom. The molecule has 3 nitrogen and oxygen atoms in total. The monoisotopic (exact) mass is 249 g/mol. The molecule has 0 aliphatic heterocycles. The second kappa shape index (κ2) is 5.77. The van der Waals surface area contributed by atoms with Gasteiger partial charge in [0.05, 0.1) is 5.69 Å². The quantitative estimate of drug-likeness (QED) is 0.864. The maximum atomic E-state index is 6.31. The van der Waals surface area contributed by atoms with Gasteiger partial charge in [0.15, 0.2) is 0 Å². The summed E-state index contributed by atoms with van der Waals surface area (Å²) in [5.41, 5.74) is 7.43. The van der Waals surface area contributed by atoms with Gasteiger partial charge in [0, 0.05) is 12.5 Å². The van der Waals surface area contributed by atoms with Crippen molar-refractivity contribution in [2.24, 2.45) is 5.92 Å². The Morgan fingerprint density at radius 3 is 2.56 bits per heavy atom. The third-order valence-electron chi connectivity index (χ3n) is 3.88. The van der Waals surface area contributed by atoms with E-state index in [1.54, 1.807) is 0 Å². The first-order valence-electron chi connectivity index (χ1n) is 7.48. The number of hydrogen-bond acceptors (Lipinski definition) is 2. The van der Waals surface area contributed by atoms with Crippen molar-refractivity contribution in [3.8, 4) is 0 Å². The van der Waals surface area contributed by atoms with E-state index in [4.69, 9.17) is 10.7 Å². The average Bonchev–Trinajstić information content (AvgIpc) is 2.91. The predicted molar refractivity (Wildman–Crippen MR) is 76.7 cm³/mol. The second-order valence-electron chi connectivity index (χ2n) is 6.03. The number of nitrogens with two attached hydrogens (primary N) is 1. The molecular weight excluding hydrogens is 222 g/mol. The average molecular weight is 249 g/mol. The van der Waals surface area contributed by atoms with Gasteiger partial charge in [-0.25, -0.2) is 4.98 Å². The molecule has 102 valence electrons. The lowest BCUT2D eigenvalue weighted by Gasteiger charge is -2.12. The van der Waals surface area contributed by atoms with Crippen LogP contribution in [0, 0.1) is 5.92 Å². The summed E-state index contributed by atoms with van der Waals surface area (Å²) in [6, 6.07) is 0. The summed E-state index contributed by atoms with van der Waals surface area (Å²) in [6.07, 6.45) is 7.42. The Balaban J connectivity index is 2.30. The highest BCUT2D eigenvalue weighted by atomic mass is 15.1. The van der Waals surface area contributed by atoms with E-state index in [0.717, 1.165) is 30.9 Å². The fourth-order valence-corrected chi connectivity index (χ4v) is 3.03. The van der Waals surface area contributed by atoms with Crippen LogP contribution in [0.1, 0.15) is 70.3 Å². The largest absolute Gasteiger partial charge is 0.384 e. The lowest BCUT2D eigenvalue weighted by atomic mass is 10.1. The van der Waals surface area contributed by atoms with Crippen LogP contribution in [0.4, 0.5) is 5.82 Å². The van der Waals surface area contributed by atoms with Crippen LogP contribution in [-0.4, -0.2) is 9.55 Å². The van der Waals surface area contributed by atoms with E-state index < -0.39 is 0 Å². The molecule has 0 saturated heterocycles. The smallest absolute Gasteiger partial charge is 0.126 e. The minimum atomic E-state index is 0.619. The lowest BCUT2D eigenvalue weighted by Crippen LogP contribution is -2.09. The van der Waals surface area contributed by atoms with Gasteiger partial charge in [0.25, 0.3) is 0 Å². The fraction of sp³-hybridized carbons (Fsp3) is 0.800. The predicted octanol–water partition coefficient (Wildman–Crippen LogP) is 3.73. The molecule has 0 unspecified atom stereocenters. The van der Waals surface area contributed by atoms with Crippen molar-refractivity contribution >= 4 is 5.82 Å². The topological polar surface area (TPSA) is 43.8 Å². The molecule has 1 aromatic rings. The van der Waals surface area contributed by atoms with Crippen LogP contribution in [0.5, 0.6) is 0 Å². The molecule has 0 atom stereocenters. The molecule has 1 heterocycles. The van der Waals surface area contributed by atoms with E-state index in [0.29, 0.717) is 11.8 Å². The van der Waals surface area contributed by atoms with E-state index in [2.05, 4.69) is 25.3 Å². The maximum Gasteiger partial charge on any atom is 0.126 e. The number of rotatable bonds is 5. The van der Waals surface area contributed by atoms with Crippen LogP contribution in [0.15, 0.2) is 0 Å². The molecule has 2 rings (SSSR count). The number of imidazole rings is 1. The van der Waals surface area contributed by atoms with Crippen LogP contribution in [0.2, 0.25) is 0 Å². The summed E-state index contributed by atoms with van der Waals surface area (Å²) in [7, 11) is 0. The van der Waals surface area contributed by atoms with Crippen molar-refractivity contribution in [1.29, 1.82) is 0 Å². The highest BCUT2D eigenvalue weighted by molar-refractivity contribution is 5.39. The summed E-state index contributed by atoms with van der Waals surface area (Å²) in [5.74, 6) is 3.46. The van der Waals surface area contributed by atoms with Crippen molar-refractivity contribution in [2.45, 2.75) is 71.8 Å². The van der Waals surface area contributed by atoms with Crippen molar-refractivity contribution in [3.05, 3.63) is 11.5 Å². The van der Waals surface area contributed by atoms with Crippen molar-refractivity contribution in [3.63, 3.8) is 0 Å². The Bertz CT molecular complexity index is 387. The molecule has 3 heteroatoms. The first kappa shape index (κ1) is 13.4. The van der Waals surface area contributed by atoms with Crippen LogP contribution in [0.3, 0.4) is 0 Å². The molecule has 2 N–H and O–H groups in total. The second-order valence-corrected chi connectivity index (χ2v) is 6.03. The minimum Gasteiger partial charge on any atom is -0.384 e. The molecule has 0 bridgehead atoms. The van der Waals surface area contributed by atoms with Gasteiger partial charge in [0.2, 0.25) is 0 Å². The van der Waals surface area contributed by atoms with Crippen LogP contribution in [-0.2, 0) is 13.0 Å². The molecule has 0 amide bonds. The molecule has 0 aromatic carbocycles. The summed E-state index contributed by atoms with van der Waals surface area (Å²) in [5, 5.41) is 0. The number of aromatic nitrogens is 2. The Hall–Kier alpha value is -0.990. The number of nitrogen functional groups attached to an aromatic ring is 1. The third kappa shape index (κ3) is 2.70. The first-order chi connectivity index (χ1) is 8.63. The van der Waals surface area contributed by atoms with E-state index >= 15 is 0 Å². The van der Waals surface area contributed by atoms with E-state index in [1.165, 1.54) is 31.5 Å². The first-order valence-corrected chi connectivity index (χ1v) is 7.48. The third-order valence-corrected chi connectivity index (χ3v) is 3.88. The molecule has 1 fully saturated rings. The molecule has 0 spiro atoms. The zero-order chi connectivity index (χ0) is 13.1. The Kier molecular flexibility index (Phi) is 4.31. The highest BCUT2D eigenvalue weighted by Crippen LogP contribution is 2.35. The normalized spacial score (nSPS) is 16.9. The summed E-state index contributed by atoms with van der Waals surface area (Å²) in [6.45, 7) is 7.68. The van der Waals surface area contributed by atoms with Crippen LogP contribution < -0.4 is 5.73 Å². The molecule has 18 heavy (non-hydrogen) atoms. The maximum absolute atomic E-state index is 6.31. The van der Waals surface area contributed by atoms with Crippen LogP contribution >= 0.6 is 0 Å². The van der Waals surface area contributed by atoms with E-state index in [-0.39, 0.29) is 0 Å². The fourth-order valence-electron chi connectivity index (χ4n) is 3.03. The summed E-state index contributed by atoms with van der Waals surface area (Å²) in [4.78, 5) is 4.89. The highest BCUT2D eigenvalue weighted by Gasteiger charge is 2.25. The van der Waals surface area contributed by atoms with Gasteiger partial charge in [-0.15, -0.1) is 0 Å². The molecule has 0 radical (unpaired) electrons. The lowest BCUT2D eigenvalue weighted by molar-refractivity contribution is 0.578. The van der Waals surface area contributed by atoms with Gasteiger partial charge in [-0.2, -0.15) is 0 Å². The molecular formula is C15H27N3. The van der Waals surface area contributed by atoms with Crippen molar-refractivity contribution in [2.75, 3.05) is 5.73 Å². The van der Waals surface area contributed by atoms with Gasteiger partial charge >= 0.3 is 0 Å². The summed E-state index contributed by atoms with van der Waals surface area (Å²) >= 11 is 0. The van der Waals surface area contributed by atoms with Gasteiger partial charge in [-0.3, -0.25) is 0 Å². The van der Waals surface area contributed by atoms with Gasteiger partial charge in [-0.05, 0) is 31.6 Å². The Labute approximate surface area is 111 Å². The van der Waals surface area contributed by atoms with Gasteiger partial charge in [0.1, 0.15) is 11.6 Å². The molecule has 1 aliphatic rings. The van der Waals surface area contributed by atoms with Gasteiger partial charge < -0.3 is 10.3 Å². The SMILES string of the molecule is CCCn1c(C2CCCC2)nc(CC(C)C)c1N. The van der Waals surface area contributed by atoms with Crippen molar-refractivity contribution < 1.29 is 0 Å². The Morgan fingerprint density at radius 2 is 2.00 bits per heavy atom. The van der Waals surface area contributed by atoms with Gasteiger partial charge in [-0.1, -0.05) is 33.6 Å². The molecule has 1 saturated carbocycles. The number of hydrogen-bond donors (Lipinski definition) is 1. The minimum absolute atomic E-state index is 0.619. The zero-order valence-electron chi connectivity index (χ0n) is 12.1. The number of nitrogens with zero attached hydrogens (tertiary/aromatic N) is 2. The molecule has 1 aliphatic carbocycles. The van der Waals surface area contributed by atoms with E-state index in [9.17, 15) is 0 Å².